The zero-order chi connectivity index (χ0) is 19.9. The number of aryl methyl sites for hydroxylation is 1. The highest BCUT2D eigenvalue weighted by Crippen LogP contribution is 2.19. The molecule has 146 valence electrons. The number of carbonyl (C=O) groups is 1. The minimum Gasteiger partial charge on any atom is -0.491 e. The summed E-state index contributed by atoms with van der Waals surface area (Å²) in [6.07, 6.45) is 1.55. The van der Waals surface area contributed by atoms with Crippen molar-refractivity contribution in [2.24, 2.45) is 7.05 Å². The molecule has 0 radical (unpaired) electrons. The Kier molecular flexibility index (Phi) is 6.43. The van der Waals surface area contributed by atoms with Crippen molar-refractivity contribution in [1.29, 1.82) is 0 Å². The van der Waals surface area contributed by atoms with Gasteiger partial charge >= 0.3 is 0 Å². The number of hydrogen-bond acceptors (Lipinski definition) is 7. The van der Waals surface area contributed by atoms with E-state index in [2.05, 4.69) is 20.8 Å². The summed E-state index contributed by atoms with van der Waals surface area (Å²) < 4.78 is 8.36. The van der Waals surface area contributed by atoms with E-state index in [1.165, 1.54) is 24.9 Å². The standard InChI is InChI=1S/C18H20N6O3S/c1-23-18(20-21-22-23)28-12-14-8-15(25)16(27-2)10-24(14)11-17(26)19-9-13-6-4-3-5-7-13/h3-8,10H,9,11-12H2,1-2H3,(H,19,26). The number of benzene rings is 1. The van der Waals surface area contributed by atoms with Crippen molar-refractivity contribution in [3.63, 3.8) is 0 Å². The summed E-state index contributed by atoms with van der Waals surface area (Å²) in [5, 5.41) is 14.8. The lowest BCUT2D eigenvalue weighted by molar-refractivity contribution is -0.121. The van der Waals surface area contributed by atoms with Crippen LogP contribution in [0.15, 0.2) is 52.5 Å². The zero-order valence-electron chi connectivity index (χ0n) is 15.5. The first-order chi connectivity index (χ1) is 13.6. The van der Waals surface area contributed by atoms with Gasteiger partial charge in [0, 0.05) is 31.1 Å². The Morgan fingerprint density at radius 2 is 2.07 bits per heavy atom. The molecule has 1 aromatic carbocycles. The van der Waals surface area contributed by atoms with Crippen molar-refractivity contribution < 1.29 is 9.53 Å². The topological polar surface area (TPSA) is 104 Å². The molecule has 1 N–H and O–H groups in total. The minimum absolute atomic E-state index is 0.0659. The molecule has 0 aliphatic rings. The summed E-state index contributed by atoms with van der Waals surface area (Å²) >= 11 is 1.38. The summed E-state index contributed by atoms with van der Waals surface area (Å²) in [5.41, 5.74) is 1.45. The van der Waals surface area contributed by atoms with E-state index in [0.717, 1.165) is 5.56 Å². The average molecular weight is 400 g/mol. The van der Waals surface area contributed by atoms with E-state index in [1.807, 2.05) is 30.3 Å². The smallest absolute Gasteiger partial charge is 0.240 e. The maximum absolute atomic E-state index is 12.4. The number of methoxy groups -OCH3 is 1. The molecule has 0 saturated heterocycles. The molecule has 0 aliphatic heterocycles. The van der Waals surface area contributed by atoms with Gasteiger partial charge in [0.05, 0.1) is 13.3 Å². The summed E-state index contributed by atoms with van der Waals surface area (Å²) in [6.45, 7) is 0.502. The molecule has 0 aliphatic carbocycles. The second kappa shape index (κ2) is 9.18. The van der Waals surface area contributed by atoms with Crippen LogP contribution in [0.4, 0.5) is 0 Å². The number of thioether (sulfide) groups is 1. The molecule has 1 amide bonds. The normalized spacial score (nSPS) is 10.6. The summed E-state index contributed by atoms with van der Waals surface area (Å²) in [7, 11) is 3.16. The second-order valence-electron chi connectivity index (χ2n) is 5.96. The van der Waals surface area contributed by atoms with Crippen LogP contribution in [0.1, 0.15) is 11.3 Å². The SMILES string of the molecule is COc1cn(CC(=O)NCc2ccccc2)c(CSc2nnnn2C)cc1=O. The fourth-order valence-corrected chi connectivity index (χ4v) is 3.35. The molecular formula is C18H20N6O3S. The van der Waals surface area contributed by atoms with Gasteiger partial charge in [0.25, 0.3) is 0 Å². The fourth-order valence-electron chi connectivity index (χ4n) is 2.51. The van der Waals surface area contributed by atoms with Gasteiger partial charge in [-0.2, -0.15) is 0 Å². The average Bonchev–Trinajstić information content (AvgIpc) is 3.12. The number of tetrazole rings is 1. The van der Waals surface area contributed by atoms with Crippen LogP contribution in [-0.4, -0.2) is 37.8 Å². The Labute approximate surface area is 165 Å². The Morgan fingerprint density at radius 3 is 2.75 bits per heavy atom. The van der Waals surface area contributed by atoms with Crippen LogP contribution < -0.4 is 15.5 Å². The number of ether oxygens (including phenoxy) is 1. The van der Waals surface area contributed by atoms with Gasteiger partial charge in [0.15, 0.2) is 5.75 Å². The lowest BCUT2D eigenvalue weighted by Gasteiger charge is -2.14. The van der Waals surface area contributed by atoms with E-state index >= 15 is 0 Å². The molecule has 9 nitrogen and oxygen atoms in total. The number of hydrogen-bond donors (Lipinski definition) is 1. The van der Waals surface area contributed by atoms with Crippen molar-refractivity contribution in [2.45, 2.75) is 24.0 Å². The minimum atomic E-state index is -0.241. The van der Waals surface area contributed by atoms with E-state index in [0.29, 0.717) is 23.1 Å². The number of nitrogens with zero attached hydrogens (tertiary/aromatic N) is 5. The van der Waals surface area contributed by atoms with Gasteiger partial charge in [-0.15, -0.1) is 5.10 Å². The van der Waals surface area contributed by atoms with E-state index < -0.39 is 0 Å². The molecule has 0 bridgehead atoms. The highest BCUT2D eigenvalue weighted by atomic mass is 32.2. The van der Waals surface area contributed by atoms with Crippen LogP contribution in [0.2, 0.25) is 0 Å². The molecule has 0 spiro atoms. The van der Waals surface area contributed by atoms with Gasteiger partial charge in [0.1, 0.15) is 6.54 Å². The quantitative estimate of drug-likeness (QED) is 0.562. The molecule has 3 rings (SSSR count). The van der Waals surface area contributed by atoms with Crippen LogP contribution >= 0.6 is 11.8 Å². The fraction of sp³-hybridized carbons (Fsp3) is 0.278. The van der Waals surface area contributed by atoms with Gasteiger partial charge in [-0.3, -0.25) is 9.59 Å². The molecule has 0 unspecified atom stereocenters. The van der Waals surface area contributed by atoms with E-state index in [4.69, 9.17) is 4.74 Å². The first-order valence-corrected chi connectivity index (χ1v) is 9.48. The predicted molar refractivity (Wildman–Crippen MR) is 104 cm³/mol. The van der Waals surface area contributed by atoms with Crippen molar-refractivity contribution in [3.8, 4) is 5.75 Å². The molecule has 2 heterocycles. The number of rotatable bonds is 8. The first kappa shape index (κ1) is 19.6. The second-order valence-corrected chi connectivity index (χ2v) is 6.90. The first-order valence-electron chi connectivity index (χ1n) is 8.50. The van der Waals surface area contributed by atoms with E-state index in [9.17, 15) is 9.59 Å². The van der Waals surface area contributed by atoms with Gasteiger partial charge in [-0.1, -0.05) is 42.1 Å². The van der Waals surface area contributed by atoms with E-state index in [-0.39, 0.29) is 23.6 Å². The van der Waals surface area contributed by atoms with Crippen LogP contribution in [0, 0.1) is 0 Å². The molecule has 0 saturated carbocycles. The molecule has 2 aromatic heterocycles. The largest absolute Gasteiger partial charge is 0.491 e. The Morgan fingerprint density at radius 1 is 1.29 bits per heavy atom. The molecule has 10 heteroatoms. The maximum atomic E-state index is 12.4. The number of carbonyl (C=O) groups excluding carboxylic acids is 1. The van der Waals surface area contributed by atoms with Crippen molar-refractivity contribution in [3.05, 3.63) is 64.1 Å². The van der Waals surface area contributed by atoms with Crippen LogP contribution in [0.3, 0.4) is 0 Å². The molecule has 28 heavy (non-hydrogen) atoms. The number of aromatic nitrogens is 5. The lowest BCUT2D eigenvalue weighted by Crippen LogP contribution is -2.28. The van der Waals surface area contributed by atoms with Crippen LogP contribution in [0.5, 0.6) is 5.75 Å². The maximum Gasteiger partial charge on any atom is 0.240 e. The van der Waals surface area contributed by atoms with Gasteiger partial charge < -0.3 is 14.6 Å². The van der Waals surface area contributed by atoms with E-state index in [1.54, 1.807) is 22.5 Å². The molecule has 0 atom stereocenters. The van der Waals surface area contributed by atoms with Gasteiger partial charge in [-0.25, -0.2) is 4.68 Å². The third kappa shape index (κ3) is 4.97. The third-order valence-electron chi connectivity index (χ3n) is 3.98. The lowest BCUT2D eigenvalue weighted by atomic mass is 10.2. The Hall–Kier alpha value is -3.14. The highest BCUT2D eigenvalue weighted by molar-refractivity contribution is 7.98. The highest BCUT2D eigenvalue weighted by Gasteiger charge is 2.12. The molecule has 0 fully saturated rings. The zero-order valence-corrected chi connectivity index (χ0v) is 16.3. The van der Waals surface area contributed by atoms with Crippen molar-refractivity contribution >= 4 is 17.7 Å². The van der Waals surface area contributed by atoms with Crippen LogP contribution in [0.25, 0.3) is 0 Å². The summed E-state index contributed by atoms with van der Waals surface area (Å²) in [5.74, 6) is 0.449. The number of pyridine rings is 1. The predicted octanol–water partition coefficient (Wildman–Crippen LogP) is 0.989. The Bertz CT molecular complexity index is 1000. The van der Waals surface area contributed by atoms with Crippen molar-refractivity contribution in [2.75, 3.05) is 7.11 Å². The summed E-state index contributed by atoms with van der Waals surface area (Å²) in [6, 6.07) is 11.1. The monoisotopic (exact) mass is 400 g/mol. The number of nitrogens with one attached hydrogen (secondary N) is 1. The number of amides is 1. The summed E-state index contributed by atoms with van der Waals surface area (Å²) in [4.78, 5) is 24.6. The van der Waals surface area contributed by atoms with Gasteiger partial charge in [0.2, 0.25) is 16.5 Å². The molecular weight excluding hydrogens is 380 g/mol. The van der Waals surface area contributed by atoms with Gasteiger partial charge in [-0.05, 0) is 16.0 Å². The third-order valence-corrected chi connectivity index (χ3v) is 5.02. The molecule has 3 aromatic rings. The van der Waals surface area contributed by atoms with Crippen molar-refractivity contribution in [1.82, 2.24) is 30.1 Å². The Balaban J connectivity index is 1.72. The van der Waals surface area contributed by atoms with Crippen LogP contribution in [-0.2, 0) is 30.7 Å².